The molecule has 8 nitrogen and oxygen atoms in total. The van der Waals surface area contributed by atoms with Crippen LogP contribution in [-0.4, -0.2) is 42.7 Å². The Balaban J connectivity index is 2.21. The van der Waals surface area contributed by atoms with Gasteiger partial charge in [-0.3, -0.25) is 19.2 Å². The summed E-state index contributed by atoms with van der Waals surface area (Å²) in [6.07, 6.45) is 0.466. The summed E-state index contributed by atoms with van der Waals surface area (Å²) in [6, 6.07) is 11.6. The van der Waals surface area contributed by atoms with Gasteiger partial charge >= 0.3 is 11.9 Å². The van der Waals surface area contributed by atoms with E-state index in [0.29, 0.717) is 34.7 Å². The average Bonchev–Trinajstić information content (AvgIpc) is 2.80. The van der Waals surface area contributed by atoms with E-state index in [2.05, 4.69) is 5.32 Å². The third kappa shape index (κ3) is 7.88. The SMILES string of the molecule is CCOC(=O)C(CCc1ccc(Oc2ccc(C(=O)CCl)cc2)cc1NC(C)=O)C(=O)OCC. The maximum atomic E-state index is 12.2. The Morgan fingerprint density at radius 1 is 0.912 bits per heavy atom. The number of carbonyl (C=O) groups excluding carboxylic acids is 4. The Kier molecular flexibility index (Phi) is 10.5. The smallest absolute Gasteiger partial charge is 0.320 e. The summed E-state index contributed by atoms with van der Waals surface area (Å²) in [7, 11) is 0. The first-order valence-corrected chi connectivity index (χ1v) is 11.4. The summed E-state index contributed by atoms with van der Waals surface area (Å²) in [6.45, 7) is 5.01. The lowest BCUT2D eigenvalue weighted by Gasteiger charge is -2.16. The van der Waals surface area contributed by atoms with Crippen LogP contribution in [0, 0.1) is 5.92 Å². The van der Waals surface area contributed by atoms with E-state index in [9.17, 15) is 19.2 Å². The Morgan fingerprint density at radius 3 is 2.03 bits per heavy atom. The highest BCUT2D eigenvalue weighted by Gasteiger charge is 2.29. The second-order valence-corrected chi connectivity index (χ2v) is 7.55. The van der Waals surface area contributed by atoms with Gasteiger partial charge in [0.25, 0.3) is 0 Å². The Labute approximate surface area is 203 Å². The number of halogens is 1. The van der Waals surface area contributed by atoms with Crippen LogP contribution in [0.25, 0.3) is 0 Å². The molecule has 0 aliphatic heterocycles. The Bertz CT molecular complexity index is 1000. The molecule has 9 heteroatoms. The number of anilines is 1. The van der Waals surface area contributed by atoms with Crippen molar-refractivity contribution in [2.75, 3.05) is 24.4 Å². The van der Waals surface area contributed by atoms with Gasteiger partial charge in [0.2, 0.25) is 5.91 Å². The number of Topliss-reactive ketones (excluding diaryl/α,β-unsaturated/α-hetero) is 1. The van der Waals surface area contributed by atoms with Gasteiger partial charge in [-0.05, 0) is 62.6 Å². The van der Waals surface area contributed by atoms with Crippen molar-refractivity contribution in [2.45, 2.75) is 33.6 Å². The van der Waals surface area contributed by atoms with Gasteiger partial charge in [0.05, 0.1) is 19.1 Å². The van der Waals surface area contributed by atoms with E-state index in [1.54, 1.807) is 56.3 Å². The summed E-state index contributed by atoms with van der Waals surface area (Å²) in [5, 5.41) is 2.75. The first-order chi connectivity index (χ1) is 16.3. The van der Waals surface area contributed by atoms with E-state index in [0.717, 1.165) is 0 Å². The molecule has 0 saturated carbocycles. The second-order valence-electron chi connectivity index (χ2n) is 7.28. The minimum Gasteiger partial charge on any atom is -0.465 e. The van der Waals surface area contributed by atoms with Gasteiger partial charge in [-0.1, -0.05) is 6.07 Å². The van der Waals surface area contributed by atoms with E-state index in [1.807, 2.05) is 0 Å². The molecule has 0 aliphatic rings. The quantitative estimate of drug-likeness (QED) is 0.202. The van der Waals surface area contributed by atoms with Gasteiger partial charge < -0.3 is 19.5 Å². The van der Waals surface area contributed by atoms with Crippen molar-refractivity contribution >= 4 is 40.9 Å². The van der Waals surface area contributed by atoms with E-state index in [-0.39, 0.29) is 37.2 Å². The zero-order valence-electron chi connectivity index (χ0n) is 19.4. The molecule has 0 fully saturated rings. The van der Waals surface area contributed by atoms with Crippen molar-refractivity contribution in [1.29, 1.82) is 0 Å². The van der Waals surface area contributed by atoms with Crippen LogP contribution < -0.4 is 10.1 Å². The number of ether oxygens (including phenoxy) is 3. The zero-order chi connectivity index (χ0) is 25.1. The number of esters is 2. The standard InChI is InChI=1S/C25H28ClNO7/c1-4-32-24(30)21(25(31)33-5-2)13-9-17-6-12-20(14-22(17)27-16(3)28)34-19-10-7-18(8-11-19)23(29)15-26/h6-8,10-12,14,21H,4-5,9,13,15H2,1-3H3,(H,27,28). The van der Waals surface area contributed by atoms with Crippen LogP contribution in [0.2, 0.25) is 0 Å². The van der Waals surface area contributed by atoms with Gasteiger partial charge in [-0.2, -0.15) is 0 Å². The molecule has 0 aliphatic carbocycles. The summed E-state index contributed by atoms with van der Waals surface area (Å²) >= 11 is 5.57. The molecule has 0 saturated heterocycles. The topological polar surface area (TPSA) is 108 Å². The maximum absolute atomic E-state index is 12.2. The molecule has 2 rings (SSSR count). The van der Waals surface area contributed by atoms with Crippen molar-refractivity contribution in [3.8, 4) is 11.5 Å². The van der Waals surface area contributed by atoms with Crippen LogP contribution in [0.4, 0.5) is 5.69 Å². The Hall–Kier alpha value is -3.39. The van der Waals surface area contributed by atoms with Gasteiger partial charge in [0, 0.05) is 24.2 Å². The van der Waals surface area contributed by atoms with Crippen molar-refractivity contribution in [2.24, 2.45) is 5.92 Å². The molecule has 0 unspecified atom stereocenters. The number of hydrogen-bond acceptors (Lipinski definition) is 7. The van der Waals surface area contributed by atoms with Crippen LogP contribution >= 0.6 is 11.6 Å². The molecular formula is C25H28ClNO7. The lowest BCUT2D eigenvalue weighted by molar-refractivity contribution is -0.161. The molecule has 2 aromatic carbocycles. The fourth-order valence-corrected chi connectivity index (χ4v) is 3.34. The molecule has 34 heavy (non-hydrogen) atoms. The number of rotatable bonds is 12. The number of amides is 1. The fraction of sp³-hybridized carbons (Fsp3) is 0.360. The van der Waals surface area contributed by atoms with Gasteiger partial charge in [0.1, 0.15) is 11.5 Å². The number of carbonyl (C=O) groups is 4. The number of nitrogens with one attached hydrogen (secondary N) is 1. The molecule has 2 aromatic rings. The van der Waals surface area contributed by atoms with Crippen molar-refractivity contribution in [3.63, 3.8) is 0 Å². The molecule has 182 valence electrons. The highest BCUT2D eigenvalue weighted by molar-refractivity contribution is 6.30. The molecule has 0 aromatic heterocycles. The molecule has 1 amide bonds. The van der Waals surface area contributed by atoms with E-state index < -0.39 is 17.9 Å². The predicted molar refractivity (Wildman–Crippen MR) is 127 cm³/mol. The molecule has 0 radical (unpaired) electrons. The summed E-state index contributed by atoms with van der Waals surface area (Å²) < 4.78 is 15.9. The van der Waals surface area contributed by atoms with Crippen molar-refractivity contribution in [1.82, 2.24) is 0 Å². The number of aryl methyl sites for hydroxylation is 1. The maximum Gasteiger partial charge on any atom is 0.320 e. The highest BCUT2D eigenvalue weighted by Crippen LogP contribution is 2.29. The minimum absolute atomic E-state index is 0.102. The molecule has 0 spiro atoms. The van der Waals surface area contributed by atoms with E-state index in [1.165, 1.54) is 6.92 Å². The zero-order valence-corrected chi connectivity index (χ0v) is 20.1. The summed E-state index contributed by atoms with van der Waals surface area (Å²) in [4.78, 5) is 47.9. The van der Waals surface area contributed by atoms with Crippen LogP contribution in [0.3, 0.4) is 0 Å². The third-order valence-electron chi connectivity index (χ3n) is 4.77. The number of hydrogen-bond donors (Lipinski definition) is 1. The lowest BCUT2D eigenvalue weighted by atomic mass is 9.98. The third-order valence-corrected chi connectivity index (χ3v) is 5.01. The molecule has 0 atom stereocenters. The van der Waals surface area contributed by atoms with Gasteiger partial charge in [-0.15, -0.1) is 11.6 Å². The van der Waals surface area contributed by atoms with Gasteiger partial charge in [0.15, 0.2) is 11.7 Å². The van der Waals surface area contributed by atoms with Crippen LogP contribution in [0.5, 0.6) is 11.5 Å². The number of alkyl halides is 1. The summed E-state index contributed by atoms with van der Waals surface area (Å²) in [5.41, 5.74) is 1.68. The van der Waals surface area contributed by atoms with Crippen LogP contribution in [0.15, 0.2) is 42.5 Å². The average molecular weight is 490 g/mol. The monoisotopic (exact) mass is 489 g/mol. The molecule has 0 heterocycles. The molecular weight excluding hydrogens is 462 g/mol. The molecule has 1 N–H and O–H groups in total. The Morgan fingerprint density at radius 2 is 1.50 bits per heavy atom. The van der Waals surface area contributed by atoms with Crippen molar-refractivity contribution < 1.29 is 33.4 Å². The van der Waals surface area contributed by atoms with Crippen molar-refractivity contribution in [3.05, 3.63) is 53.6 Å². The van der Waals surface area contributed by atoms with Gasteiger partial charge in [-0.25, -0.2) is 0 Å². The number of benzene rings is 2. The largest absolute Gasteiger partial charge is 0.465 e. The minimum atomic E-state index is -1.06. The van der Waals surface area contributed by atoms with Crippen LogP contribution in [0.1, 0.15) is 43.1 Å². The highest BCUT2D eigenvalue weighted by atomic mass is 35.5. The normalized spacial score (nSPS) is 10.5. The predicted octanol–water partition coefficient (Wildman–Crippen LogP) is 4.53. The fourth-order valence-electron chi connectivity index (χ4n) is 3.18. The first-order valence-electron chi connectivity index (χ1n) is 10.9. The number of ketones is 1. The van der Waals surface area contributed by atoms with Crippen LogP contribution in [-0.2, 0) is 30.3 Å². The first kappa shape index (κ1) is 26.9. The molecule has 0 bridgehead atoms. The van der Waals surface area contributed by atoms with E-state index in [4.69, 9.17) is 25.8 Å². The summed E-state index contributed by atoms with van der Waals surface area (Å²) in [5.74, 6) is -1.96. The lowest BCUT2D eigenvalue weighted by Crippen LogP contribution is -2.28. The second kappa shape index (κ2) is 13.3. The van der Waals surface area contributed by atoms with E-state index >= 15 is 0 Å².